The molecular formula is C23H32N4O2. The molecule has 1 aromatic heterocycles. The molecule has 156 valence electrons. The van der Waals surface area contributed by atoms with Gasteiger partial charge in [-0.3, -0.25) is 4.79 Å². The molecule has 6 heteroatoms. The maximum absolute atomic E-state index is 13.2. The van der Waals surface area contributed by atoms with Crippen molar-refractivity contribution >= 4 is 17.6 Å². The molecule has 0 saturated heterocycles. The summed E-state index contributed by atoms with van der Waals surface area (Å²) in [6, 6.07) is 11.8. The van der Waals surface area contributed by atoms with Crippen molar-refractivity contribution in [1.29, 1.82) is 0 Å². The van der Waals surface area contributed by atoms with Crippen molar-refractivity contribution in [2.24, 2.45) is 7.05 Å². The van der Waals surface area contributed by atoms with Gasteiger partial charge in [0, 0.05) is 36.7 Å². The Hall–Kier alpha value is -2.76. The third kappa shape index (κ3) is 5.19. The van der Waals surface area contributed by atoms with Crippen LogP contribution < -0.4 is 5.32 Å². The molecule has 0 radical (unpaired) electrons. The van der Waals surface area contributed by atoms with Crippen molar-refractivity contribution < 1.29 is 9.59 Å². The van der Waals surface area contributed by atoms with E-state index in [1.54, 1.807) is 4.90 Å². The van der Waals surface area contributed by atoms with Gasteiger partial charge < -0.3 is 19.7 Å². The first-order valence-electron chi connectivity index (χ1n) is 10.4. The fourth-order valence-electron chi connectivity index (χ4n) is 3.43. The number of urea groups is 1. The van der Waals surface area contributed by atoms with E-state index in [4.69, 9.17) is 0 Å². The van der Waals surface area contributed by atoms with E-state index < -0.39 is 0 Å². The maximum atomic E-state index is 13.2. The lowest BCUT2D eigenvalue weighted by Gasteiger charge is -2.31. The molecule has 1 N–H and O–H groups in total. The molecule has 1 atom stereocenters. The third-order valence-corrected chi connectivity index (χ3v) is 5.77. The second-order valence-corrected chi connectivity index (χ2v) is 7.99. The monoisotopic (exact) mass is 396 g/mol. The highest BCUT2D eigenvalue weighted by Gasteiger charge is 2.34. The van der Waals surface area contributed by atoms with Crippen LogP contribution >= 0.6 is 0 Å². The molecule has 6 nitrogen and oxygen atoms in total. The number of aromatic nitrogens is 1. The molecule has 0 aliphatic heterocycles. The van der Waals surface area contributed by atoms with Crippen molar-refractivity contribution in [3.8, 4) is 0 Å². The van der Waals surface area contributed by atoms with Crippen LogP contribution in [0.4, 0.5) is 10.5 Å². The van der Waals surface area contributed by atoms with E-state index in [0.717, 1.165) is 36.2 Å². The lowest BCUT2D eigenvalue weighted by molar-refractivity contribution is -0.133. The average Bonchev–Trinajstić information content (AvgIpc) is 3.47. The number of aryl methyl sites for hydroxylation is 2. The number of amides is 3. The van der Waals surface area contributed by atoms with Crippen molar-refractivity contribution in [1.82, 2.24) is 14.4 Å². The smallest absolute Gasteiger partial charge is 0.322 e. The normalized spacial score (nSPS) is 14.3. The molecule has 3 rings (SSSR count). The van der Waals surface area contributed by atoms with E-state index >= 15 is 0 Å². The largest absolute Gasteiger partial charge is 0.353 e. The molecule has 1 aromatic carbocycles. The number of hydrogen-bond donors (Lipinski definition) is 1. The molecule has 1 saturated carbocycles. The zero-order valence-electron chi connectivity index (χ0n) is 17.9. The summed E-state index contributed by atoms with van der Waals surface area (Å²) in [5, 5.41) is 2.98. The number of rotatable bonds is 8. The fourth-order valence-corrected chi connectivity index (χ4v) is 3.43. The van der Waals surface area contributed by atoms with Gasteiger partial charge in [-0.05, 0) is 56.9 Å². The number of anilines is 1. The lowest BCUT2D eigenvalue weighted by Crippen LogP contribution is -2.48. The molecular weight excluding hydrogens is 364 g/mol. The van der Waals surface area contributed by atoms with Crippen molar-refractivity contribution in [3.05, 3.63) is 53.9 Å². The van der Waals surface area contributed by atoms with Crippen molar-refractivity contribution in [3.63, 3.8) is 0 Å². The Kier molecular flexibility index (Phi) is 6.62. The summed E-state index contributed by atoms with van der Waals surface area (Å²) in [7, 11) is 1.99. The van der Waals surface area contributed by atoms with Gasteiger partial charge in [-0.2, -0.15) is 0 Å². The van der Waals surface area contributed by atoms with Gasteiger partial charge in [-0.25, -0.2) is 4.79 Å². The van der Waals surface area contributed by atoms with Crippen LogP contribution in [0.5, 0.6) is 0 Å². The van der Waals surface area contributed by atoms with Gasteiger partial charge in [0.25, 0.3) is 0 Å². The van der Waals surface area contributed by atoms with Gasteiger partial charge in [0.1, 0.15) is 6.54 Å². The second-order valence-electron chi connectivity index (χ2n) is 7.99. The minimum atomic E-state index is -0.225. The Balaban J connectivity index is 1.72. The van der Waals surface area contributed by atoms with Gasteiger partial charge in [0.2, 0.25) is 5.91 Å². The highest BCUT2D eigenvalue weighted by molar-refractivity contribution is 5.93. The van der Waals surface area contributed by atoms with E-state index in [-0.39, 0.29) is 30.6 Å². The van der Waals surface area contributed by atoms with Gasteiger partial charge in [-0.1, -0.05) is 25.1 Å². The molecule has 0 unspecified atom stereocenters. The number of hydrogen-bond acceptors (Lipinski definition) is 2. The van der Waals surface area contributed by atoms with Crippen LogP contribution in [0.25, 0.3) is 0 Å². The Labute approximate surface area is 173 Å². The van der Waals surface area contributed by atoms with Crippen molar-refractivity contribution in [2.45, 2.75) is 58.7 Å². The standard InChI is InChI=1S/C23H32N4O2/c1-5-18(3)26(23(29)24-21-11-7-6-9-17(21)2)16-22(28)27(19-12-13-19)15-20-10-8-14-25(20)4/h6-11,14,18-19H,5,12-13,15-16H2,1-4H3,(H,24,29)/t18-/m0/s1. The van der Waals surface area contributed by atoms with Crippen LogP contribution in [0, 0.1) is 6.92 Å². The molecule has 2 aromatic rings. The van der Waals surface area contributed by atoms with Gasteiger partial charge >= 0.3 is 6.03 Å². The molecule has 3 amide bonds. The summed E-state index contributed by atoms with van der Waals surface area (Å²) >= 11 is 0. The zero-order valence-corrected chi connectivity index (χ0v) is 17.9. The minimum absolute atomic E-state index is 0.00827. The van der Waals surface area contributed by atoms with Gasteiger partial charge in [0.05, 0.1) is 6.54 Å². The second kappa shape index (κ2) is 9.16. The minimum Gasteiger partial charge on any atom is -0.353 e. The quantitative estimate of drug-likeness (QED) is 0.728. The van der Waals surface area contributed by atoms with E-state index in [0.29, 0.717) is 6.54 Å². The van der Waals surface area contributed by atoms with E-state index in [2.05, 4.69) is 5.32 Å². The average molecular weight is 397 g/mol. The van der Waals surface area contributed by atoms with Gasteiger partial charge in [-0.15, -0.1) is 0 Å². The molecule has 0 spiro atoms. The van der Waals surface area contributed by atoms with Crippen LogP contribution in [-0.2, 0) is 18.4 Å². The predicted molar refractivity (Wildman–Crippen MR) is 116 cm³/mol. The predicted octanol–water partition coefficient (Wildman–Crippen LogP) is 4.16. The van der Waals surface area contributed by atoms with Crippen LogP contribution in [0.3, 0.4) is 0 Å². The molecule has 1 aliphatic carbocycles. The molecule has 1 fully saturated rings. The van der Waals surface area contributed by atoms with Crippen LogP contribution in [0.1, 0.15) is 44.4 Å². The zero-order chi connectivity index (χ0) is 21.0. The van der Waals surface area contributed by atoms with E-state index in [1.807, 2.05) is 79.9 Å². The number of carbonyl (C=O) groups is 2. The Morgan fingerprint density at radius 2 is 1.93 bits per heavy atom. The van der Waals surface area contributed by atoms with E-state index in [9.17, 15) is 9.59 Å². The first-order chi connectivity index (χ1) is 13.9. The number of carbonyl (C=O) groups excluding carboxylic acids is 2. The number of nitrogens with one attached hydrogen (secondary N) is 1. The summed E-state index contributed by atoms with van der Waals surface area (Å²) in [5.41, 5.74) is 2.88. The fraction of sp³-hybridized carbons (Fsp3) is 0.478. The van der Waals surface area contributed by atoms with Crippen molar-refractivity contribution in [2.75, 3.05) is 11.9 Å². The molecule has 1 aliphatic rings. The SMILES string of the molecule is CC[C@H](C)N(CC(=O)N(Cc1cccn1C)C1CC1)C(=O)Nc1ccccc1C. The maximum Gasteiger partial charge on any atom is 0.322 e. The Morgan fingerprint density at radius 3 is 2.52 bits per heavy atom. The summed E-state index contributed by atoms with van der Waals surface area (Å²) < 4.78 is 2.04. The Bertz CT molecular complexity index is 856. The summed E-state index contributed by atoms with van der Waals surface area (Å²) in [5.74, 6) is 0.00827. The van der Waals surface area contributed by atoms with Crippen LogP contribution in [0.15, 0.2) is 42.6 Å². The molecule has 1 heterocycles. The number of para-hydroxylation sites is 1. The first kappa shape index (κ1) is 21.0. The first-order valence-corrected chi connectivity index (χ1v) is 10.4. The van der Waals surface area contributed by atoms with Crippen LogP contribution in [0.2, 0.25) is 0 Å². The van der Waals surface area contributed by atoms with E-state index in [1.165, 1.54) is 0 Å². The third-order valence-electron chi connectivity index (χ3n) is 5.77. The van der Waals surface area contributed by atoms with Gasteiger partial charge in [0.15, 0.2) is 0 Å². The highest BCUT2D eigenvalue weighted by atomic mass is 16.2. The molecule has 0 bridgehead atoms. The highest BCUT2D eigenvalue weighted by Crippen LogP contribution is 2.29. The topological polar surface area (TPSA) is 57.6 Å². The molecule has 29 heavy (non-hydrogen) atoms. The lowest BCUT2D eigenvalue weighted by atomic mass is 10.2. The van der Waals surface area contributed by atoms with Crippen LogP contribution in [-0.4, -0.2) is 44.9 Å². The number of benzene rings is 1. The summed E-state index contributed by atoms with van der Waals surface area (Å²) in [4.78, 5) is 29.8. The number of nitrogens with zero attached hydrogens (tertiary/aromatic N) is 3. The Morgan fingerprint density at radius 1 is 1.21 bits per heavy atom. The summed E-state index contributed by atoms with van der Waals surface area (Å²) in [6.45, 7) is 6.66. The summed E-state index contributed by atoms with van der Waals surface area (Å²) in [6.07, 6.45) is 4.85.